The minimum Gasteiger partial charge on any atom is -0.293 e. The van der Waals surface area contributed by atoms with Gasteiger partial charge < -0.3 is 0 Å². The molecule has 1 aliphatic heterocycles. The Bertz CT molecular complexity index is 1140. The third-order valence-electron chi connectivity index (χ3n) is 5.28. The van der Waals surface area contributed by atoms with Crippen molar-refractivity contribution in [3.63, 3.8) is 0 Å². The van der Waals surface area contributed by atoms with Crippen molar-refractivity contribution in [3.8, 4) is 16.9 Å². The summed E-state index contributed by atoms with van der Waals surface area (Å²) in [5, 5.41) is 4.85. The number of unbranched alkanes of at least 4 members (excludes halogenated alkanes) is 3. The zero-order chi connectivity index (χ0) is 22.5. The van der Waals surface area contributed by atoms with E-state index in [-0.39, 0.29) is 5.91 Å². The van der Waals surface area contributed by atoms with Crippen LogP contribution in [0.2, 0.25) is 0 Å². The highest BCUT2D eigenvalue weighted by atomic mass is 79.9. The molecule has 0 saturated carbocycles. The normalized spacial score (nSPS) is 15.2. The minimum absolute atomic E-state index is 0.00860. The lowest BCUT2D eigenvalue weighted by Gasteiger charge is -2.13. The third kappa shape index (κ3) is 5.22. The van der Waals surface area contributed by atoms with Gasteiger partial charge in [0.25, 0.3) is 5.91 Å². The maximum Gasteiger partial charge on any atom is 0.266 e. The van der Waals surface area contributed by atoms with E-state index in [0.29, 0.717) is 15.8 Å². The van der Waals surface area contributed by atoms with Crippen molar-refractivity contribution in [1.82, 2.24) is 14.7 Å². The van der Waals surface area contributed by atoms with Crippen LogP contribution >= 0.6 is 39.9 Å². The Labute approximate surface area is 206 Å². The number of hydrogen-bond donors (Lipinski definition) is 0. The topological polar surface area (TPSA) is 38.1 Å². The molecule has 1 aromatic heterocycles. The number of benzene rings is 2. The fourth-order valence-corrected chi connectivity index (χ4v) is 5.13. The molecule has 32 heavy (non-hydrogen) atoms. The molecular formula is C25H24BrN3OS2. The van der Waals surface area contributed by atoms with Crippen LogP contribution in [0.5, 0.6) is 0 Å². The van der Waals surface area contributed by atoms with Gasteiger partial charge >= 0.3 is 0 Å². The molecule has 164 valence electrons. The SMILES string of the molecule is CCCCCCN1C(=O)/C(=C\c2cn(-c3ccccc3)nc2-c2ccc(Br)cc2)SC1=S. The van der Waals surface area contributed by atoms with Crippen molar-refractivity contribution < 1.29 is 4.79 Å². The van der Waals surface area contributed by atoms with Gasteiger partial charge in [0.05, 0.1) is 16.3 Å². The maximum atomic E-state index is 13.1. The summed E-state index contributed by atoms with van der Waals surface area (Å²) in [4.78, 5) is 15.5. The van der Waals surface area contributed by atoms with Crippen LogP contribution in [0.1, 0.15) is 38.2 Å². The molecule has 4 nitrogen and oxygen atoms in total. The number of para-hydroxylation sites is 1. The molecule has 0 aliphatic carbocycles. The first-order valence-electron chi connectivity index (χ1n) is 10.7. The fraction of sp³-hybridized carbons (Fsp3) is 0.240. The van der Waals surface area contributed by atoms with E-state index in [1.807, 2.05) is 71.6 Å². The molecule has 1 aliphatic rings. The highest BCUT2D eigenvalue weighted by molar-refractivity contribution is 9.10. The summed E-state index contributed by atoms with van der Waals surface area (Å²) in [6, 6.07) is 18.0. The van der Waals surface area contributed by atoms with Crippen molar-refractivity contribution in [1.29, 1.82) is 0 Å². The van der Waals surface area contributed by atoms with E-state index in [9.17, 15) is 4.79 Å². The molecule has 0 bridgehead atoms. The Morgan fingerprint density at radius 3 is 2.53 bits per heavy atom. The molecule has 0 atom stereocenters. The van der Waals surface area contributed by atoms with E-state index in [4.69, 9.17) is 17.3 Å². The Kier molecular flexibility index (Phi) is 7.60. The van der Waals surface area contributed by atoms with E-state index >= 15 is 0 Å². The largest absolute Gasteiger partial charge is 0.293 e. The van der Waals surface area contributed by atoms with Crippen molar-refractivity contribution in [2.45, 2.75) is 32.6 Å². The molecule has 0 unspecified atom stereocenters. The predicted molar refractivity (Wildman–Crippen MR) is 141 cm³/mol. The second-order valence-electron chi connectivity index (χ2n) is 7.61. The molecule has 1 amide bonds. The lowest BCUT2D eigenvalue weighted by atomic mass is 10.1. The Morgan fingerprint density at radius 2 is 1.81 bits per heavy atom. The first kappa shape index (κ1) is 23.0. The number of halogens is 1. The minimum atomic E-state index is -0.00860. The molecular weight excluding hydrogens is 502 g/mol. The molecule has 1 saturated heterocycles. The first-order valence-corrected chi connectivity index (χ1v) is 12.7. The second kappa shape index (κ2) is 10.6. The summed E-state index contributed by atoms with van der Waals surface area (Å²) in [5.41, 5.74) is 3.68. The lowest BCUT2D eigenvalue weighted by molar-refractivity contribution is -0.122. The zero-order valence-corrected chi connectivity index (χ0v) is 21.0. The van der Waals surface area contributed by atoms with E-state index < -0.39 is 0 Å². The van der Waals surface area contributed by atoms with Crippen LogP contribution in [-0.4, -0.2) is 31.5 Å². The lowest BCUT2D eigenvalue weighted by Crippen LogP contribution is -2.29. The van der Waals surface area contributed by atoms with E-state index in [2.05, 4.69) is 22.9 Å². The van der Waals surface area contributed by atoms with Gasteiger partial charge in [0.15, 0.2) is 0 Å². The van der Waals surface area contributed by atoms with Crippen LogP contribution in [0.3, 0.4) is 0 Å². The van der Waals surface area contributed by atoms with E-state index in [0.717, 1.165) is 39.8 Å². The highest BCUT2D eigenvalue weighted by Crippen LogP contribution is 2.35. The quantitative estimate of drug-likeness (QED) is 0.179. The van der Waals surface area contributed by atoms with Gasteiger partial charge in [-0.15, -0.1) is 0 Å². The maximum absolute atomic E-state index is 13.1. The molecule has 0 spiro atoms. The smallest absolute Gasteiger partial charge is 0.266 e. The summed E-state index contributed by atoms with van der Waals surface area (Å²) >= 11 is 10.4. The molecule has 1 fully saturated rings. The third-order valence-corrected chi connectivity index (χ3v) is 7.18. The van der Waals surface area contributed by atoms with Crippen LogP contribution in [-0.2, 0) is 4.79 Å². The zero-order valence-electron chi connectivity index (χ0n) is 17.8. The molecule has 7 heteroatoms. The summed E-state index contributed by atoms with van der Waals surface area (Å²) in [6.07, 6.45) is 8.34. The van der Waals surface area contributed by atoms with Crippen LogP contribution in [0.4, 0.5) is 0 Å². The second-order valence-corrected chi connectivity index (χ2v) is 10.2. The number of thiocarbonyl (C=S) groups is 1. The van der Waals surface area contributed by atoms with Gasteiger partial charge in [-0.05, 0) is 36.8 Å². The van der Waals surface area contributed by atoms with Crippen LogP contribution in [0, 0.1) is 0 Å². The molecule has 0 N–H and O–H groups in total. The standard InChI is InChI=1S/C25H24BrN3OS2/c1-2-3-4-8-15-28-24(30)22(32-25(28)31)16-19-17-29(21-9-6-5-7-10-21)27-23(19)18-11-13-20(26)14-12-18/h5-7,9-14,16-17H,2-4,8,15H2,1H3/b22-16+. The van der Waals surface area contributed by atoms with Crippen molar-refractivity contribution >= 4 is 56.2 Å². The van der Waals surface area contributed by atoms with Gasteiger partial charge in [-0.1, -0.05) is 96.4 Å². The van der Waals surface area contributed by atoms with Crippen LogP contribution < -0.4 is 0 Å². The summed E-state index contributed by atoms with van der Waals surface area (Å²) in [6.45, 7) is 2.87. The molecule has 3 aromatic rings. The van der Waals surface area contributed by atoms with Crippen LogP contribution in [0.15, 0.2) is 70.2 Å². The van der Waals surface area contributed by atoms with E-state index in [1.165, 1.54) is 24.6 Å². The molecule has 2 heterocycles. The number of carbonyl (C=O) groups is 1. The Balaban J connectivity index is 1.67. The number of rotatable bonds is 8. The number of thioether (sulfide) groups is 1. The number of hydrogen-bond acceptors (Lipinski definition) is 4. The van der Waals surface area contributed by atoms with Crippen molar-refractivity contribution in [3.05, 3.63) is 75.7 Å². The fourth-order valence-electron chi connectivity index (χ4n) is 3.57. The highest BCUT2D eigenvalue weighted by Gasteiger charge is 2.32. The number of carbonyl (C=O) groups excluding carboxylic acids is 1. The van der Waals surface area contributed by atoms with Gasteiger partial charge in [0.2, 0.25) is 0 Å². The molecule has 4 rings (SSSR count). The average Bonchev–Trinajstić information content (AvgIpc) is 3.34. The number of amides is 1. The molecule has 0 radical (unpaired) electrons. The monoisotopic (exact) mass is 525 g/mol. The van der Waals surface area contributed by atoms with Gasteiger partial charge in [-0.2, -0.15) is 5.10 Å². The number of aromatic nitrogens is 2. The van der Waals surface area contributed by atoms with Gasteiger partial charge in [-0.25, -0.2) is 4.68 Å². The van der Waals surface area contributed by atoms with Crippen molar-refractivity contribution in [2.75, 3.05) is 6.54 Å². The van der Waals surface area contributed by atoms with Gasteiger partial charge in [0, 0.05) is 28.3 Å². The Hall–Kier alpha value is -2.22. The molecule has 2 aromatic carbocycles. The van der Waals surface area contributed by atoms with Crippen molar-refractivity contribution in [2.24, 2.45) is 0 Å². The summed E-state index contributed by atoms with van der Waals surface area (Å²) in [5.74, 6) is -0.00860. The predicted octanol–water partition coefficient (Wildman–Crippen LogP) is 7.08. The van der Waals surface area contributed by atoms with Gasteiger partial charge in [-0.3, -0.25) is 9.69 Å². The Morgan fingerprint density at radius 1 is 1.06 bits per heavy atom. The summed E-state index contributed by atoms with van der Waals surface area (Å²) in [7, 11) is 0. The summed E-state index contributed by atoms with van der Waals surface area (Å²) < 4.78 is 3.50. The van der Waals surface area contributed by atoms with Gasteiger partial charge in [0.1, 0.15) is 4.32 Å². The number of nitrogens with zero attached hydrogens (tertiary/aromatic N) is 3. The van der Waals surface area contributed by atoms with E-state index in [1.54, 1.807) is 4.90 Å². The average molecular weight is 527 g/mol. The first-order chi connectivity index (χ1) is 15.6. The van der Waals surface area contributed by atoms with Crippen LogP contribution in [0.25, 0.3) is 23.0 Å².